The summed E-state index contributed by atoms with van der Waals surface area (Å²) in [6.07, 6.45) is 0.999. The topological polar surface area (TPSA) is 81.9 Å². The van der Waals surface area contributed by atoms with E-state index in [4.69, 9.17) is 17.3 Å². The second-order valence-corrected chi connectivity index (χ2v) is 7.12. The number of hydrogen-bond donors (Lipinski definition) is 2. The van der Waals surface area contributed by atoms with E-state index in [1.54, 1.807) is 12.1 Å². The third-order valence-electron chi connectivity index (χ3n) is 4.99. The summed E-state index contributed by atoms with van der Waals surface area (Å²) in [6, 6.07) is 5.00. The zero-order valence-electron chi connectivity index (χ0n) is 14.4. The van der Waals surface area contributed by atoms with Crippen LogP contribution < -0.4 is 11.1 Å². The number of primary amides is 1. The van der Waals surface area contributed by atoms with Crippen molar-refractivity contribution in [2.24, 2.45) is 5.73 Å². The summed E-state index contributed by atoms with van der Waals surface area (Å²) in [7, 11) is 2.14. The van der Waals surface area contributed by atoms with Gasteiger partial charge in [0.05, 0.1) is 10.6 Å². The summed E-state index contributed by atoms with van der Waals surface area (Å²) in [5, 5.41) is 3.08. The van der Waals surface area contributed by atoms with Crippen LogP contribution in [-0.2, 0) is 0 Å². The molecule has 1 atom stereocenters. The lowest BCUT2D eigenvalue weighted by atomic mass is 10.2. The molecule has 3 N–H and O–H groups in total. The molecule has 0 saturated carbocycles. The maximum atomic E-state index is 12.5. The molecule has 0 aliphatic carbocycles. The molecule has 1 aromatic carbocycles. The van der Waals surface area contributed by atoms with Crippen LogP contribution in [0.25, 0.3) is 0 Å². The lowest BCUT2D eigenvalue weighted by Crippen LogP contribution is -2.50. The Morgan fingerprint density at radius 1 is 1.20 bits per heavy atom. The summed E-state index contributed by atoms with van der Waals surface area (Å²) in [6.45, 7) is 5.75. The molecular formula is C17H24ClN5O2. The highest BCUT2D eigenvalue weighted by Crippen LogP contribution is 2.22. The number of likely N-dealkylation sites (N-methyl/N-ethyl adjacent to an activating group) is 1. The highest BCUT2D eigenvalue weighted by molar-refractivity contribution is 6.34. The quantitative estimate of drug-likeness (QED) is 0.845. The van der Waals surface area contributed by atoms with Gasteiger partial charge in [-0.25, -0.2) is 4.79 Å². The number of carbonyl (C=O) groups excluding carboxylic acids is 2. The molecule has 1 aromatic rings. The minimum Gasteiger partial charge on any atom is -0.366 e. The zero-order chi connectivity index (χ0) is 18.0. The SMILES string of the molecule is CN1CCN(C2CCN(C(=O)Nc3ccc(C(N)=O)c(Cl)c3)C2)CC1. The van der Waals surface area contributed by atoms with Crippen molar-refractivity contribution in [1.29, 1.82) is 0 Å². The molecule has 0 spiro atoms. The number of likely N-dealkylation sites (tertiary alicyclic amines) is 1. The van der Waals surface area contributed by atoms with E-state index in [2.05, 4.69) is 22.2 Å². The van der Waals surface area contributed by atoms with E-state index in [1.165, 1.54) is 6.07 Å². The average molecular weight is 366 g/mol. The van der Waals surface area contributed by atoms with E-state index in [9.17, 15) is 9.59 Å². The van der Waals surface area contributed by atoms with E-state index >= 15 is 0 Å². The predicted octanol–water partition coefficient (Wildman–Crippen LogP) is 1.29. The molecule has 2 aliphatic heterocycles. The highest BCUT2D eigenvalue weighted by Gasteiger charge is 2.31. The van der Waals surface area contributed by atoms with Gasteiger partial charge < -0.3 is 20.9 Å². The number of amides is 3. The molecule has 2 saturated heterocycles. The van der Waals surface area contributed by atoms with Crippen molar-refractivity contribution in [3.05, 3.63) is 28.8 Å². The lowest BCUT2D eigenvalue weighted by Gasteiger charge is -2.36. The zero-order valence-corrected chi connectivity index (χ0v) is 15.1. The molecule has 7 nitrogen and oxygen atoms in total. The smallest absolute Gasteiger partial charge is 0.321 e. The van der Waals surface area contributed by atoms with Crippen LogP contribution in [0.5, 0.6) is 0 Å². The predicted molar refractivity (Wildman–Crippen MR) is 98.0 cm³/mol. The van der Waals surface area contributed by atoms with Crippen LogP contribution in [-0.4, -0.2) is 79.0 Å². The van der Waals surface area contributed by atoms with Crippen molar-refractivity contribution < 1.29 is 9.59 Å². The number of urea groups is 1. The van der Waals surface area contributed by atoms with Crippen LogP contribution in [0.1, 0.15) is 16.8 Å². The van der Waals surface area contributed by atoms with Gasteiger partial charge in [-0.1, -0.05) is 11.6 Å². The molecular weight excluding hydrogens is 342 g/mol. The Morgan fingerprint density at radius 3 is 2.56 bits per heavy atom. The second-order valence-electron chi connectivity index (χ2n) is 6.72. The monoisotopic (exact) mass is 365 g/mol. The van der Waals surface area contributed by atoms with Crippen molar-refractivity contribution in [2.45, 2.75) is 12.5 Å². The number of nitrogens with two attached hydrogens (primary N) is 1. The molecule has 0 bridgehead atoms. The minimum atomic E-state index is -0.586. The van der Waals surface area contributed by atoms with Gasteiger partial charge in [-0.3, -0.25) is 9.69 Å². The van der Waals surface area contributed by atoms with Crippen LogP contribution in [0, 0.1) is 0 Å². The fourth-order valence-corrected chi connectivity index (χ4v) is 3.68. The number of carbonyl (C=O) groups is 2. The van der Waals surface area contributed by atoms with Gasteiger partial charge in [-0.2, -0.15) is 0 Å². The van der Waals surface area contributed by atoms with Crippen LogP contribution in [0.2, 0.25) is 5.02 Å². The van der Waals surface area contributed by atoms with Gasteiger partial charge in [-0.05, 0) is 31.7 Å². The lowest BCUT2D eigenvalue weighted by molar-refractivity contribution is 0.100. The standard InChI is InChI=1S/C17H24ClN5O2/c1-21-6-8-22(9-7-21)13-4-5-23(11-13)17(25)20-12-2-3-14(16(19)24)15(18)10-12/h2-3,10,13H,4-9,11H2,1H3,(H2,19,24)(H,20,25). The highest BCUT2D eigenvalue weighted by atomic mass is 35.5. The molecule has 25 heavy (non-hydrogen) atoms. The van der Waals surface area contributed by atoms with Gasteiger partial charge in [0.2, 0.25) is 5.91 Å². The van der Waals surface area contributed by atoms with Crippen LogP contribution in [0.3, 0.4) is 0 Å². The first-order valence-corrected chi connectivity index (χ1v) is 8.89. The maximum Gasteiger partial charge on any atom is 0.321 e. The van der Waals surface area contributed by atoms with Crippen molar-refractivity contribution >= 4 is 29.2 Å². The van der Waals surface area contributed by atoms with Gasteiger partial charge in [-0.15, -0.1) is 0 Å². The van der Waals surface area contributed by atoms with Gasteiger partial charge in [0.1, 0.15) is 0 Å². The van der Waals surface area contributed by atoms with Crippen LogP contribution >= 0.6 is 11.6 Å². The number of piperazine rings is 1. The van der Waals surface area contributed by atoms with Crippen molar-refractivity contribution in [1.82, 2.24) is 14.7 Å². The largest absolute Gasteiger partial charge is 0.366 e. The van der Waals surface area contributed by atoms with E-state index in [0.29, 0.717) is 11.7 Å². The Balaban J connectivity index is 1.55. The van der Waals surface area contributed by atoms with Crippen LogP contribution in [0.15, 0.2) is 18.2 Å². The first-order valence-electron chi connectivity index (χ1n) is 8.52. The van der Waals surface area contributed by atoms with Gasteiger partial charge in [0.25, 0.3) is 0 Å². The number of nitrogens with one attached hydrogen (secondary N) is 1. The molecule has 0 aromatic heterocycles. The summed E-state index contributed by atoms with van der Waals surface area (Å²) in [4.78, 5) is 30.3. The average Bonchev–Trinajstić information content (AvgIpc) is 3.05. The third kappa shape index (κ3) is 4.23. The molecule has 136 valence electrons. The fourth-order valence-electron chi connectivity index (χ4n) is 3.41. The summed E-state index contributed by atoms with van der Waals surface area (Å²) < 4.78 is 0. The normalized spacial score (nSPS) is 22.2. The Morgan fingerprint density at radius 2 is 1.92 bits per heavy atom. The Bertz CT molecular complexity index is 660. The number of nitrogens with zero attached hydrogens (tertiary/aromatic N) is 3. The molecule has 2 aliphatic rings. The van der Waals surface area contributed by atoms with Crippen molar-refractivity contribution in [3.63, 3.8) is 0 Å². The molecule has 3 amide bonds. The number of anilines is 1. The second kappa shape index (κ2) is 7.59. The fraction of sp³-hybridized carbons (Fsp3) is 0.529. The van der Waals surface area contributed by atoms with Gasteiger partial charge >= 0.3 is 6.03 Å². The minimum absolute atomic E-state index is 0.139. The van der Waals surface area contributed by atoms with Gasteiger partial charge in [0, 0.05) is 51.0 Å². The summed E-state index contributed by atoms with van der Waals surface area (Å²) in [5.74, 6) is -0.586. The number of halogens is 1. The third-order valence-corrected chi connectivity index (χ3v) is 5.30. The Labute approximate surface area is 152 Å². The number of benzene rings is 1. The van der Waals surface area contributed by atoms with E-state index in [0.717, 1.165) is 45.7 Å². The molecule has 0 radical (unpaired) electrons. The van der Waals surface area contributed by atoms with E-state index in [1.807, 2.05) is 4.90 Å². The summed E-state index contributed by atoms with van der Waals surface area (Å²) >= 11 is 6.03. The maximum absolute atomic E-state index is 12.5. The molecule has 3 rings (SSSR count). The number of rotatable bonds is 3. The van der Waals surface area contributed by atoms with Crippen LogP contribution in [0.4, 0.5) is 10.5 Å². The first kappa shape index (κ1) is 18.0. The molecule has 2 heterocycles. The Kier molecular flexibility index (Phi) is 5.46. The summed E-state index contributed by atoms with van der Waals surface area (Å²) in [5.41, 5.74) is 6.04. The number of hydrogen-bond acceptors (Lipinski definition) is 4. The molecule has 8 heteroatoms. The van der Waals surface area contributed by atoms with Crippen molar-refractivity contribution in [2.75, 3.05) is 51.6 Å². The van der Waals surface area contributed by atoms with Crippen molar-refractivity contribution in [3.8, 4) is 0 Å². The van der Waals surface area contributed by atoms with Gasteiger partial charge in [0.15, 0.2) is 0 Å². The van der Waals surface area contributed by atoms with E-state index in [-0.39, 0.29) is 16.6 Å². The van der Waals surface area contributed by atoms with E-state index < -0.39 is 5.91 Å². The molecule has 1 unspecified atom stereocenters. The first-order chi connectivity index (χ1) is 11.9. The Hall–Kier alpha value is -1.83. The molecule has 2 fully saturated rings.